The van der Waals surface area contributed by atoms with E-state index in [9.17, 15) is 14.7 Å². The fraction of sp³-hybridized carbons (Fsp3) is 0.0909. The molecule has 0 heterocycles. The van der Waals surface area contributed by atoms with Crippen LogP contribution in [-0.4, -0.2) is 22.1 Å². The Labute approximate surface area is 91.7 Å². The summed E-state index contributed by atoms with van der Waals surface area (Å²) in [7, 11) is 0. The topological polar surface area (TPSA) is 86.6 Å². The van der Waals surface area contributed by atoms with Gasteiger partial charge in [-0.25, -0.2) is 4.79 Å². The van der Waals surface area contributed by atoms with Gasteiger partial charge in [0.1, 0.15) is 11.3 Å². The number of rotatable bonds is 2. The molecule has 1 rings (SSSR count). The summed E-state index contributed by atoms with van der Waals surface area (Å²) in [5.74, 6) is 2.50. The van der Waals surface area contributed by atoms with Crippen molar-refractivity contribution in [2.75, 3.05) is 5.32 Å². The van der Waals surface area contributed by atoms with Gasteiger partial charge in [-0.3, -0.25) is 4.79 Å². The predicted octanol–water partition coefficient (Wildman–Crippen LogP) is 1.05. The molecular formula is C11H9NO4. The Morgan fingerprint density at radius 1 is 1.38 bits per heavy atom. The van der Waals surface area contributed by atoms with Gasteiger partial charge in [-0.2, -0.15) is 0 Å². The summed E-state index contributed by atoms with van der Waals surface area (Å²) < 4.78 is 0. The van der Waals surface area contributed by atoms with Gasteiger partial charge < -0.3 is 15.5 Å². The van der Waals surface area contributed by atoms with Crippen LogP contribution in [0.25, 0.3) is 0 Å². The van der Waals surface area contributed by atoms with E-state index in [0.717, 1.165) is 6.07 Å². The van der Waals surface area contributed by atoms with Crippen molar-refractivity contribution in [1.82, 2.24) is 0 Å². The van der Waals surface area contributed by atoms with Crippen molar-refractivity contribution in [3.05, 3.63) is 23.8 Å². The van der Waals surface area contributed by atoms with E-state index < -0.39 is 17.6 Å². The highest BCUT2D eigenvalue weighted by Gasteiger charge is 2.10. The van der Waals surface area contributed by atoms with Crippen molar-refractivity contribution in [2.24, 2.45) is 0 Å². The zero-order chi connectivity index (χ0) is 12.1. The number of carbonyl (C=O) groups is 2. The van der Waals surface area contributed by atoms with E-state index in [2.05, 4.69) is 17.2 Å². The van der Waals surface area contributed by atoms with E-state index in [1.165, 1.54) is 19.1 Å². The lowest BCUT2D eigenvalue weighted by atomic mass is 10.2. The third kappa shape index (κ3) is 2.75. The maximum absolute atomic E-state index is 11.1. The molecule has 0 saturated carbocycles. The fourth-order valence-corrected chi connectivity index (χ4v) is 1.07. The molecule has 1 aromatic rings. The molecule has 3 N–H and O–H groups in total. The van der Waals surface area contributed by atoms with Gasteiger partial charge in [0.2, 0.25) is 0 Å². The molecule has 0 aliphatic rings. The highest BCUT2D eigenvalue weighted by molar-refractivity contribution is 6.04. The van der Waals surface area contributed by atoms with Gasteiger partial charge in [0, 0.05) is 11.8 Å². The van der Waals surface area contributed by atoms with E-state index in [1.807, 2.05) is 0 Å². The Bertz CT molecular complexity index is 496. The van der Waals surface area contributed by atoms with E-state index in [1.54, 1.807) is 0 Å². The first-order valence-electron chi connectivity index (χ1n) is 4.34. The Hall–Kier alpha value is -2.48. The summed E-state index contributed by atoms with van der Waals surface area (Å²) in [6.45, 7) is 1.52. The van der Waals surface area contributed by atoms with Crippen molar-refractivity contribution in [1.29, 1.82) is 0 Å². The maximum atomic E-state index is 11.1. The minimum absolute atomic E-state index is 0.223. The number of phenols is 1. The average molecular weight is 219 g/mol. The number of aromatic carboxylic acids is 1. The molecule has 0 unspecified atom stereocenters. The third-order valence-electron chi connectivity index (χ3n) is 1.72. The monoisotopic (exact) mass is 219 g/mol. The molecule has 0 spiro atoms. The Balaban J connectivity index is 2.92. The van der Waals surface area contributed by atoms with Gasteiger partial charge in [0.15, 0.2) is 0 Å². The number of hydrogen-bond acceptors (Lipinski definition) is 3. The van der Waals surface area contributed by atoms with Gasteiger partial charge in [-0.05, 0) is 25.0 Å². The SMILES string of the molecule is CC#CC(=O)Nc1ccc(C(=O)O)c(O)c1. The van der Waals surface area contributed by atoms with E-state index >= 15 is 0 Å². The van der Waals surface area contributed by atoms with Crippen LogP contribution in [0.2, 0.25) is 0 Å². The van der Waals surface area contributed by atoms with Crippen LogP contribution in [0, 0.1) is 11.8 Å². The average Bonchev–Trinajstić information content (AvgIpc) is 2.17. The highest BCUT2D eigenvalue weighted by atomic mass is 16.4. The molecule has 1 amide bonds. The fourth-order valence-electron chi connectivity index (χ4n) is 1.07. The number of carboxylic acids is 1. The van der Waals surface area contributed by atoms with Crippen molar-refractivity contribution in [3.8, 4) is 17.6 Å². The van der Waals surface area contributed by atoms with Crippen LogP contribution < -0.4 is 5.32 Å². The molecule has 0 fully saturated rings. The molecular weight excluding hydrogens is 210 g/mol. The summed E-state index contributed by atoms with van der Waals surface area (Å²) in [4.78, 5) is 21.6. The molecule has 0 aliphatic carbocycles. The quantitative estimate of drug-likeness (QED) is 0.649. The molecule has 0 radical (unpaired) electrons. The minimum Gasteiger partial charge on any atom is -0.507 e. The van der Waals surface area contributed by atoms with Crippen LogP contribution in [0.1, 0.15) is 17.3 Å². The van der Waals surface area contributed by atoms with Crippen LogP contribution in [0.3, 0.4) is 0 Å². The normalized spacial score (nSPS) is 8.81. The Morgan fingerprint density at radius 2 is 2.06 bits per heavy atom. The largest absolute Gasteiger partial charge is 0.507 e. The number of benzene rings is 1. The van der Waals surface area contributed by atoms with Gasteiger partial charge >= 0.3 is 5.97 Å². The number of carboxylic acid groups (broad SMARTS) is 1. The molecule has 0 aromatic heterocycles. The van der Waals surface area contributed by atoms with Crippen molar-refractivity contribution < 1.29 is 19.8 Å². The predicted molar refractivity (Wildman–Crippen MR) is 57.1 cm³/mol. The number of hydrogen-bond donors (Lipinski definition) is 3. The standard InChI is InChI=1S/C11H9NO4/c1-2-3-10(14)12-7-4-5-8(11(15)16)9(13)6-7/h4-6,13H,1H3,(H,12,14)(H,15,16). The van der Waals surface area contributed by atoms with E-state index in [0.29, 0.717) is 0 Å². The van der Waals surface area contributed by atoms with Gasteiger partial charge in [-0.1, -0.05) is 5.92 Å². The van der Waals surface area contributed by atoms with Crippen molar-refractivity contribution in [3.63, 3.8) is 0 Å². The molecule has 82 valence electrons. The first-order chi connectivity index (χ1) is 7.54. The van der Waals surface area contributed by atoms with Gasteiger partial charge in [-0.15, -0.1) is 0 Å². The van der Waals surface area contributed by atoms with Crippen molar-refractivity contribution in [2.45, 2.75) is 6.92 Å². The lowest BCUT2D eigenvalue weighted by Gasteiger charge is -2.03. The Morgan fingerprint density at radius 3 is 2.56 bits per heavy atom. The summed E-state index contributed by atoms with van der Waals surface area (Å²) in [5.41, 5.74) is 0.0647. The summed E-state index contributed by atoms with van der Waals surface area (Å²) >= 11 is 0. The second-order valence-electron chi connectivity index (χ2n) is 2.87. The lowest BCUT2D eigenvalue weighted by Crippen LogP contribution is -2.08. The van der Waals surface area contributed by atoms with Gasteiger partial charge in [0.05, 0.1) is 0 Å². The van der Waals surface area contributed by atoms with Gasteiger partial charge in [0.25, 0.3) is 5.91 Å². The van der Waals surface area contributed by atoms with Crippen molar-refractivity contribution >= 4 is 17.6 Å². The molecule has 0 bridgehead atoms. The zero-order valence-corrected chi connectivity index (χ0v) is 8.44. The molecule has 0 saturated heterocycles. The first-order valence-corrected chi connectivity index (χ1v) is 4.34. The molecule has 16 heavy (non-hydrogen) atoms. The molecule has 5 heteroatoms. The second-order valence-corrected chi connectivity index (χ2v) is 2.87. The first kappa shape index (κ1) is 11.6. The van der Waals surface area contributed by atoms with E-state index in [4.69, 9.17) is 5.11 Å². The van der Waals surface area contributed by atoms with Crippen LogP contribution >= 0.6 is 0 Å². The summed E-state index contributed by atoms with van der Waals surface area (Å²) in [6, 6.07) is 3.73. The number of aromatic hydroxyl groups is 1. The number of nitrogens with one attached hydrogen (secondary N) is 1. The van der Waals surface area contributed by atoms with Crippen LogP contribution in [-0.2, 0) is 4.79 Å². The van der Waals surface area contributed by atoms with Crippen LogP contribution in [0.4, 0.5) is 5.69 Å². The smallest absolute Gasteiger partial charge is 0.339 e. The molecule has 1 aromatic carbocycles. The summed E-state index contributed by atoms with van der Waals surface area (Å²) in [5, 5.41) is 20.4. The third-order valence-corrected chi connectivity index (χ3v) is 1.72. The summed E-state index contributed by atoms with van der Waals surface area (Å²) in [6.07, 6.45) is 0. The Kier molecular flexibility index (Phi) is 3.51. The van der Waals surface area contributed by atoms with Crippen LogP contribution in [0.5, 0.6) is 5.75 Å². The molecule has 5 nitrogen and oxygen atoms in total. The zero-order valence-electron chi connectivity index (χ0n) is 8.44. The van der Waals surface area contributed by atoms with E-state index in [-0.39, 0.29) is 11.3 Å². The molecule has 0 aliphatic heterocycles. The lowest BCUT2D eigenvalue weighted by molar-refractivity contribution is -0.111. The highest BCUT2D eigenvalue weighted by Crippen LogP contribution is 2.21. The number of carbonyl (C=O) groups excluding carboxylic acids is 1. The number of anilines is 1. The second kappa shape index (κ2) is 4.84. The minimum atomic E-state index is -1.23. The van der Waals surface area contributed by atoms with Crippen LogP contribution in [0.15, 0.2) is 18.2 Å². The number of amides is 1. The maximum Gasteiger partial charge on any atom is 0.339 e. The molecule has 0 atom stereocenters.